The maximum atomic E-state index is 6.53. The van der Waals surface area contributed by atoms with Crippen LogP contribution in [0.15, 0.2) is 60.9 Å². The van der Waals surface area contributed by atoms with E-state index in [0.29, 0.717) is 12.1 Å². The molecule has 0 bridgehead atoms. The number of thiophene rings is 1. The molecular weight excluding hydrogens is 517 g/mol. The fraction of sp³-hybridized carbons (Fsp3) is 0.438. The van der Waals surface area contributed by atoms with Crippen LogP contribution in [0.5, 0.6) is 5.75 Å². The number of likely N-dealkylation sites (tertiary alicyclic amines) is 1. The summed E-state index contributed by atoms with van der Waals surface area (Å²) in [6.45, 7) is 17.1. The van der Waals surface area contributed by atoms with Crippen molar-refractivity contribution in [3.05, 3.63) is 66.5 Å². The van der Waals surface area contributed by atoms with E-state index in [4.69, 9.17) is 4.43 Å². The molecule has 7 heteroatoms. The Labute approximate surface area is 238 Å². The number of anilines is 2. The second-order valence-electron chi connectivity index (χ2n) is 12.6. The number of nitrogens with zero attached hydrogens (tertiary/aromatic N) is 3. The Bertz CT molecular complexity index is 1420. The van der Waals surface area contributed by atoms with E-state index in [-0.39, 0.29) is 5.04 Å². The quantitative estimate of drug-likeness (QED) is 0.229. The molecule has 2 aromatic heterocycles. The first kappa shape index (κ1) is 27.8. The van der Waals surface area contributed by atoms with Gasteiger partial charge in [-0.2, -0.15) is 0 Å². The summed E-state index contributed by atoms with van der Waals surface area (Å²) in [5.41, 5.74) is 4.52. The number of hydrogen-bond donors (Lipinski definition) is 1. The van der Waals surface area contributed by atoms with E-state index in [1.54, 1.807) is 17.7 Å². The molecule has 1 fully saturated rings. The Balaban J connectivity index is 1.34. The molecule has 3 heterocycles. The highest BCUT2D eigenvalue weighted by molar-refractivity contribution is 7.22. The number of fused-ring (bicyclic) bond motifs is 1. The number of piperidine rings is 1. The molecule has 5 nitrogen and oxygen atoms in total. The molecule has 0 spiro atoms. The summed E-state index contributed by atoms with van der Waals surface area (Å²) in [5, 5.41) is 3.67. The van der Waals surface area contributed by atoms with Gasteiger partial charge < -0.3 is 9.74 Å². The lowest BCUT2D eigenvalue weighted by Gasteiger charge is -2.39. The van der Waals surface area contributed by atoms with Crippen LogP contribution in [0.4, 0.5) is 11.5 Å². The summed E-state index contributed by atoms with van der Waals surface area (Å²) in [7, 11) is -1.92. The standard InChI is InChI=1S/C32H42N4OSSi/c1-22-10-8-11-23(2)36(22)20-24-14-16-25(17-15-24)29-19-28-30(38-29)31(34-21-33-28)35-26-12-9-13-27(18-26)37-39(6,7)32(3,4)5/h9,12-19,21-23H,8,10-11,20H2,1-7H3,(H,33,34,35)/t22-,23+. The molecule has 39 heavy (non-hydrogen) atoms. The zero-order chi connectivity index (χ0) is 27.8. The molecule has 0 aliphatic carbocycles. The van der Waals surface area contributed by atoms with Gasteiger partial charge >= 0.3 is 0 Å². The third-order valence-corrected chi connectivity index (χ3v) is 14.1. The highest BCUT2D eigenvalue weighted by Gasteiger charge is 2.39. The molecule has 2 atom stereocenters. The minimum atomic E-state index is -1.92. The van der Waals surface area contributed by atoms with Gasteiger partial charge in [0.1, 0.15) is 12.1 Å². The van der Waals surface area contributed by atoms with Crippen LogP contribution in [-0.4, -0.2) is 35.3 Å². The molecule has 0 amide bonds. The van der Waals surface area contributed by atoms with Gasteiger partial charge in [-0.15, -0.1) is 11.3 Å². The van der Waals surface area contributed by atoms with Crippen molar-refractivity contribution in [3.63, 3.8) is 0 Å². The van der Waals surface area contributed by atoms with Crippen LogP contribution in [0.2, 0.25) is 18.1 Å². The molecule has 0 saturated carbocycles. The van der Waals surface area contributed by atoms with Gasteiger partial charge in [-0.05, 0) is 74.1 Å². The lowest BCUT2D eigenvalue weighted by molar-refractivity contribution is 0.0953. The Morgan fingerprint density at radius 1 is 1.00 bits per heavy atom. The third kappa shape index (κ3) is 6.21. The maximum absolute atomic E-state index is 6.53. The lowest BCUT2D eigenvalue weighted by Crippen LogP contribution is -2.43. The Morgan fingerprint density at radius 2 is 1.72 bits per heavy atom. The largest absolute Gasteiger partial charge is 0.543 e. The van der Waals surface area contributed by atoms with E-state index in [1.165, 1.54) is 35.3 Å². The monoisotopic (exact) mass is 558 g/mol. The van der Waals surface area contributed by atoms with Crippen LogP contribution in [0, 0.1) is 0 Å². The summed E-state index contributed by atoms with van der Waals surface area (Å²) in [6.07, 6.45) is 5.59. The van der Waals surface area contributed by atoms with Crippen molar-refractivity contribution < 1.29 is 4.43 Å². The topological polar surface area (TPSA) is 50.3 Å². The van der Waals surface area contributed by atoms with Crippen LogP contribution >= 0.6 is 11.3 Å². The Morgan fingerprint density at radius 3 is 2.41 bits per heavy atom. The first-order chi connectivity index (χ1) is 18.5. The third-order valence-electron chi connectivity index (χ3n) is 8.57. The van der Waals surface area contributed by atoms with Crippen molar-refractivity contribution in [2.24, 2.45) is 0 Å². The summed E-state index contributed by atoms with van der Waals surface area (Å²) in [6, 6.07) is 20.8. The smallest absolute Gasteiger partial charge is 0.250 e. The molecule has 1 N–H and O–H groups in total. The molecule has 206 valence electrons. The van der Waals surface area contributed by atoms with Gasteiger partial charge in [-0.3, -0.25) is 4.90 Å². The zero-order valence-corrected chi connectivity index (χ0v) is 26.2. The summed E-state index contributed by atoms with van der Waals surface area (Å²) in [5.74, 6) is 1.72. The second kappa shape index (κ2) is 11.0. The minimum Gasteiger partial charge on any atom is -0.543 e. The average Bonchev–Trinajstić information content (AvgIpc) is 3.32. The first-order valence-corrected chi connectivity index (χ1v) is 17.9. The van der Waals surface area contributed by atoms with E-state index >= 15 is 0 Å². The highest BCUT2D eigenvalue weighted by atomic mass is 32.1. The number of rotatable bonds is 7. The second-order valence-corrected chi connectivity index (χ2v) is 18.3. The van der Waals surface area contributed by atoms with Gasteiger partial charge in [0.15, 0.2) is 5.82 Å². The first-order valence-electron chi connectivity index (χ1n) is 14.2. The van der Waals surface area contributed by atoms with Crippen LogP contribution < -0.4 is 9.74 Å². The predicted octanol–water partition coefficient (Wildman–Crippen LogP) is 9.25. The SMILES string of the molecule is C[C@@H]1CCC[C@H](C)N1Cc1ccc(-c2cc3ncnc(Nc4cccc(O[Si](C)(C)C(C)(C)C)c4)c3s2)cc1. The Hall–Kier alpha value is -2.74. The molecule has 1 aliphatic heterocycles. The zero-order valence-electron chi connectivity index (χ0n) is 24.4. The fourth-order valence-corrected chi connectivity index (χ4v) is 7.16. The van der Waals surface area contributed by atoms with Gasteiger partial charge in [-0.25, -0.2) is 9.97 Å². The number of aromatic nitrogens is 2. The maximum Gasteiger partial charge on any atom is 0.250 e. The minimum absolute atomic E-state index is 0.144. The normalized spacial score (nSPS) is 18.8. The molecular formula is C32H42N4OSSi. The van der Waals surface area contributed by atoms with Crippen molar-refractivity contribution in [1.82, 2.24) is 14.9 Å². The van der Waals surface area contributed by atoms with Gasteiger partial charge in [-0.1, -0.05) is 57.5 Å². The van der Waals surface area contributed by atoms with Gasteiger partial charge in [0.05, 0.1) is 10.2 Å². The molecule has 4 aromatic rings. The van der Waals surface area contributed by atoms with Crippen LogP contribution in [0.3, 0.4) is 0 Å². The molecule has 5 rings (SSSR count). The van der Waals surface area contributed by atoms with Crippen LogP contribution in [0.25, 0.3) is 20.7 Å². The Kier molecular flexibility index (Phi) is 7.86. The summed E-state index contributed by atoms with van der Waals surface area (Å²) in [4.78, 5) is 13.0. The number of benzene rings is 2. The van der Waals surface area contributed by atoms with Crippen molar-refractivity contribution in [3.8, 4) is 16.2 Å². The van der Waals surface area contributed by atoms with Gasteiger partial charge in [0.25, 0.3) is 0 Å². The van der Waals surface area contributed by atoms with Crippen LogP contribution in [-0.2, 0) is 6.54 Å². The summed E-state index contributed by atoms with van der Waals surface area (Å²) >= 11 is 1.73. The molecule has 1 saturated heterocycles. The van der Waals surface area contributed by atoms with Crippen molar-refractivity contribution in [2.75, 3.05) is 5.32 Å². The molecule has 1 aliphatic rings. The molecule has 0 radical (unpaired) electrons. The van der Waals surface area contributed by atoms with E-state index in [2.05, 4.69) is 110 Å². The summed E-state index contributed by atoms with van der Waals surface area (Å²) < 4.78 is 7.59. The molecule has 0 unspecified atom stereocenters. The van der Waals surface area contributed by atoms with E-state index in [1.807, 2.05) is 12.1 Å². The number of nitrogens with one attached hydrogen (secondary N) is 1. The van der Waals surface area contributed by atoms with Crippen molar-refractivity contribution in [1.29, 1.82) is 0 Å². The van der Waals surface area contributed by atoms with Crippen LogP contribution in [0.1, 0.15) is 59.4 Å². The predicted molar refractivity (Wildman–Crippen MR) is 169 cm³/mol. The van der Waals surface area contributed by atoms with Gasteiger partial charge in [0, 0.05) is 35.3 Å². The molecule has 2 aromatic carbocycles. The van der Waals surface area contributed by atoms with Crippen molar-refractivity contribution >= 4 is 41.4 Å². The highest BCUT2D eigenvalue weighted by Crippen LogP contribution is 2.39. The van der Waals surface area contributed by atoms with Crippen molar-refractivity contribution in [2.45, 2.75) is 90.6 Å². The average molecular weight is 559 g/mol. The number of hydrogen-bond acceptors (Lipinski definition) is 6. The van der Waals surface area contributed by atoms with E-state index in [9.17, 15) is 0 Å². The fourth-order valence-electron chi connectivity index (χ4n) is 5.08. The van der Waals surface area contributed by atoms with E-state index in [0.717, 1.165) is 34.0 Å². The lowest BCUT2D eigenvalue weighted by atomic mass is 9.96. The van der Waals surface area contributed by atoms with E-state index < -0.39 is 8.32 Å². The van der Waals surface area contributed by atoms with Gasteiger partial charge in [0.2, 0.25) is 8.32 Å².